The molecule has 162 valence electrons. The molecule has 10 heteroatoms. The summed E-state index contributed by atoms with van der Waals surface area (Å²) in [5, 5.41) is 4.68. The average molecular weight is 418 g/mol. The number of carbonyl (C=O) groups excluding carboxylic acids is 3. The van der Waals surface area contributed by atoms with Crippen molar-refractivity contribution in [3.63, 3.8) is 0 Å². The number of amides is 2. The molecule has 0 aliphatic rings. The van der Waals surface area contributed by atoms with Crippen LogP contribution < -0.4 is 10.6 Å². The minimum absolute atomic E-state index is 0.0102. The quantitative estimate of drug-likeness (QED) is 0.692. The molecule has 7 nitrogen and oxygen atoms in total. The number of methoxy groups -OCH3 is 1. The third-order valence-corrected chi connectivity index (χ3v) is 3.70. The second-order valence-electron chi connectivity index (χ2n) is 7.33. The maximum absolute atomic E-state index is 13.2. The van der Waals surface area contributed by atoms with Crippen LogP contribution in [0, 0.1) is 6.92 Å². The maximum atomic E-state index is 13.2. The van der Waals surface area contributed by atoms with Gasteiger partial charge in [0, 0.05) is 0 Å². The minimum Gasteiger partial charge on any atom is -0.469 e. The van der Waals surface area contributed by atoms with Crippen LogP contribution in [0.3, 0.4) is 0 Å². The highest BCUT2D eigenvalue weighted by molar-refractivity contribution is 5.83. The van der Waals surface area contributed by atoms with Gasteiger partial charge in [0.2, 0.25) is 5.91 Å². The van der Waals surface area contributed by atoms with Crippen LogP contribution in [-0.2, 0) is 25.2 Å². The van der Waals surface area contributed by atoms with E-state index in [0.717, 1.165) is 13.2 Å². The standard InChI is InChI=1S/C19H25F3N2O5/c1-11-6-7-12(8-13(11)19(20,21)22)14(9-16(26)28-5)24-15(25)10-23-17(27)29-18(2,3)4/h6-8,14H,9-10H2,1-5H3,(H,23,27)(H,24,25). The van der Waals surface area contributed by atoms with Gasteiger partial charge in [-0.15, -0.1) is 0 Å². The number of esters is 1. The fourth-order valence-corrected chi connectivity index (χ4v) is 2.38. The number of rotatable bonds is 6. The van der Waals surface area contributed by atoms with E-state index in [1.165, 1.54) is 19.1 Å². The van der Waals surface area contributed by atoms with E-state index < -0.39 is 47.9 Å². The molecule has 0 aliphatic heterocycles. The van der Waals surface area contributed by atoms with Crippen molar-refractivity contribution < 1.29 is 37.0 Å². The molecular formula is C19H25F3N2O5. The van der Waals surface area contributed by atoms with E-state index in [1.807, 2.05) is 0 Å². The van der Waals surface area contributed by atoms with Crippen molar-refractivity contribution in [1.82, 2.24) is 10.6 Å². The molecule has 0 aliphatic carbocycles. The van der Waals surface area contributed by atoms with Crippen molar-refractivity contribution >= 4 is 18.0 Å². The Morgan fingerprint density at radius 1 is 1.14 bits per heavy atom. The highest BCUT2D eigenvalue weighted by atomic mass is 19.4. The van der Waals surface area contributed by atoms with Gasteiger partial charge in [-0.1, -0.05) is 12.1 Å². The minimum atomic E-state index is -4.59. The van der Waals surface area contributed by atoms with E-state index in [0.29, 0.717) is 0 Å². The Morgan fingerprint density at radius 3 is 2.28 bits per heavy atom. The normalized spacial score (nSPS) is 12.7. The lowest BCUT2D eigenvalue weighted by Gasteiger charge is -2.22. The Morgan fingerprint density at radius 2 is 1.76 bits per heavy atom. The molecular weight excluding hydrogens is 393 g/mol. The summed E-state index contributed by atoms with van der Waals surface area (Å²) in [6, 6.07) is 2.45. The molecule has 29 heavy (non-hydrogen) atoms. The number of aryl methyl sites for hydroxylation is 1. The Balaban J connectivity index is 2.96. The summed E-state index contributed by atoms with van der Waals surface area (Å²) in [5.74, 6) is -1.43. The van der Waals surface area contributed by atoms with Gasteiger partial charge in [-0.05, 0) is 44.9 Å². The summed E-state index contributed by atoms with van der Waals surface area (Å²) in [6.07, 6.45) is -5.79. The third-order valence-electron chi connectivity index (χ3n) is 3.70. The number of alkyl carbamates (subject to hydrolysis) is 1. The number of carbonyl (C=O) groups is 3. The topological polar surface area (TPSA) is 93.7 Å². The first kappa shape index (κ1) is 24.3. The van der Waals surface area contributed by atoms with Crippen molar-refractivity contribution in [2.75, 3.05) is 13.7 Å². The summed E-state index contributed by atoms with van der Waals surface area (Å²) >= 11 is 0. The van der Waals surface area contributed by atoms with Crippen LogP contribution in [0.2, 0.25) is 0 Å². The monoisotopic (exact) mass is 418 g/mol. The molecule has 0 radical (unpaired) electrons. The third kappa shape index (κ3) is 8.41. The van der Waals surface area contributed by atoms with E-state index in [-0.39, 0.29) is 17.5 Å². The average Bonchev–Trinajstić information content (AvgIpc) is 2.57. The van der Waals surface area contributed by atoms with Gasteiger partial charge in [0.15, 0.2) is 0 Å². The second kappa shape index (κ2) is 9.62. The zero-order valence-electron chi connectivity index (χ0n) is 16.9. The largest absolute Gasteiger partial charge is 0.469 e. The molecule has 0 saturated carbocycles. The predicted octanol–water partition coefficient (Wildman–Crippen LogP) is 3.26. The molecule has 1 unspecified atom stereocenters. The van der Waals surface area contributed by atoms with Crippen molar-refractivity contribution in [2.24, 2.45) is 0 Å². The first-order valence-corrected chi connectivity index (χ1v) is 8.73. The maximum Gasteiger partial charge on any atom is 0.416 e. The zero-order chi connectivity index (χ0) is 22.4. The highest BCUT2D eigenvalue weighted by Crippen LogP contribution is 2.34. The summed E-state index contributed by atoms with van der Waals surface area (Å²) in [6.45, 7) is 5.77. The van der Waals surface area contributed by atoms with E-state index in [9.17, 15) is 27.6 Å². The fraction of sp³-hybridized carbons (Fsp3) is 0.526. The van der Waals surface area contributed by atoms with Crippen LogP contribution in [0.15, 0.2) is 18.2 Å². The van der Waals surface area contributed by atoms with Crippen molar-refractivity contribution in [3.8, 4) is 0 Å². The molecule has 0 fully saturated rings. The van der Waals surface area contributed by atoms with Gasteiger partial charge >= 0.3 is 18.2 Å². The number of hydrogen-bond donors (Lipinski definition) is 2. The first-order chi connectivity index (χ1) is 13.2. The van der Waals surface area contributed by atoms with Crippen LogP contribution in [0.1, 0.15) is 49.9 Å². The first-order valence-electron chi connectivity index (χ1n) is 8.73. The van der Waals surface area contributed by atoms with E-state index >= 15 is 0 Å². The Kier molecular flexibility index (Phi) is 8.05. The van der Waals surface area contributed by atoms with Crippen LogP contribution in [0.4, 0.5) is 18.0 Å². The molecule has 1 aromatic carbocycles. The lowest BCUT2D eigenvalue weighted by atomic mass is 9.98. The molecule has 0 bridgehead atoms. The Bertz CT molecular complexity index is 757. The number of hydrogen-bond acceptors (Lipinski definition) is 5. The zero-order valence-corrected chi connectivity index (χ0v) is 16.9. The van der Waals surface area contributed by atoms with Crippen LogP contribution >= 0.6 is 0 Å². The van der Waals surface area contributed by atoms with E-state index in [1.54, 1.807) is 20.8 Å². The summed E-state index contributed by atoms with van der Waals surface area (Å²) in [4.78, 5) is 35.4. The Hall–Kier alpha value is -2.78. The number of halogens is 3. The van der Waals surface area contributed by atoms with Crippen LogP contribution in [0.25, 0.3) is 0 Å². The molecule has 0 saturated heterocycles. The van der Waals surface area contributed by atoms with Crippen LogP contribution in [0.5, 0.6) is 0 Å². The molecule has 1 atom stereocenters. The van der Waals surface area contributed by atoms with Gasteiger partial charge in [0.1, 0.15) is 12.1 Å². The Labute approximate surface area is 166 Å². The van der Waals surface area contributed by atoms with Crippen molar-refractivity contribution in [2.45, 2.75) is 51.9 Å². The van der Waals surface area contributed by atoms with Gasteiger partial charge in [0.25, 0.3) is 0 Å². The van der Waals surface area contributed by atoms with Gasteiger partial charge < -0.3 is 20.1 Å². The van der Waals surface area contributed by atoms with Crippen molar-refractivity contribution in [1.29, 1.82) is 0 Å². The number of ether oxygens (including phenoxy) is 2. The van der Waals surface area contributed by atoms with E-state index in [2.05, 4.69) is 15.4 Å². The summed E-state index contributed by atoms with van der Waals surface area (Å²) in [7, 11) is 1.13. The predicted molar refractivity (Wildman–Crippen MR) is 97.9 cm³/mol. The van der Waals surface area contributed by atoms with Gasteiger partial charge in [-0.3, -0.25) is 9.59 Å². The molecule has 1 aromatic rings. The molecule has 0 aromatic heterocycles. The molecule has 0 spiro atoms. The highest BCUT2D eigenvalue weighted by Gasteiger charge is 2.33. The molecule has 0 heterocycles. The van der Waals surface area contributed by atoms with Crippen LogP contribution in [-0.4, -0.2) is 37.2 Å². The number of nitrogens with one attached hydrogen (secondary N) is 2. The van der Waals surface area contributed by atoms with Gasteiger partial charge in [-0.2, -0.15) is 13.2 Å². The lowest BCUT2D eigenvalue weighted by Crippen LogP contribution is -2.41. The van der Waals surface area contributed by atoms with Crippen molar-refractivity contribution in [3.05, 3.63) is 34.9 Å². The van der Waals surface area contributed by atoms with Gasteiger partial charge in [0.05, 0.1) is 25.1 Å². The molecule has 2 amide bonds. The smallest absolute Gasteiger partial charge is 0.416 e. The molecule has 1 rings (SSSR count). The fourth-order valence-electron chi connectivity index (χ4n) is 2.38. The summed E-state index contributed by atoms with van der Waals surface area (Å²) in [5.41, 5.74) is -1.54. The summed E-state index contributed by atoms with van der Waals surface area (Å²) < 4.78 is 49.1. The van der Waals surface area contributed by atoms with Gasteiger partial charge in [-0.25, -0.2) is 4.79 Å². The number of benzene rings is 1. The SMILES string of the molecule is COC(=O)CC(NC(=O)CNC(=O)OC(C)(C)C)c1ccc(C)c(C(F)(F)F)c1. The van der Waals surface area contributed by atoms with E-state index in [4.69, 9.17) is 4.74 Å². The second-order valence-corrected chi connectivity index (χ2v) is 7.33. The molecule has 2 N–H and O–H groups in total. The lowest BCUT2D eigenvalue weighted by molar-refractivity contribution is -0.141. The number of alkyl halides is 3.